The summed E-state index contributed by atoms with van der Waals surface area (Å²) >= 11 is 8.26. The number of amides is 1. The number of thioether (sulfide) groups is 2. The Morgan fingerprint density at radius 2 is 1.57 bits per heavy atom. The first-order chi connectivity index (χ1) is 16.5. The molecule has 7 nitrogen and oxygen atoms in total. The van der Waals surface area contributed by atoms with Gasteiger partial charge in [-0.3, -0.25) is 4.79 Å². The topological polar surface area (TPSA) is 82.1 Å². The van der Waals surface area contributed by atoms with Gasteiger partial charge in [0.2, 0.25) is 5.91 Å². The molecule has 1 amide bonds. The normalized spacial score (nSPS) is 17.0. The number of hydrogen-bond donors (Lipinski definition) is 0. The van der Waals surface area contributed by atoms with E-state index in [0.717, 1.165) is 29.1 Å². The molecular formula is C25H29NO6S3. The molecule has 35 heavy (non-hydrogen) atoms. The van der Waals surface area contributed by atoms with E-state index in [-0.39, 0.29) is 34.8 Å². The summed E-state index contributed by atoms with van der Waals surface area (Å²) in [6.07, 6.45) is 0. The number of fused-ring (bicyclic) bond motifs is 1. The van der Waals surface area contributed by atoms with Gasteiger partial charge in [0.15, 0.2) is 0 Å². The molecule has 2 aliphatic rings. The van der Waals surface area contributed by atoms with Crippen molar-refractivity contribution >= 4 is 69.7 Å². The van der Waals surface area contributed by atoms with Gasteiger partial charge in [0.05, 0.1) is 40.7 Å². The molecule has 3 rings (SSSR count). The van der Waals surface area contributed by atoms with E-state index >= 15 is 0 Å². The molecule has 1 aromatic carbocycles. The van der Waals surface area contributed by atoms with Crippen molar-refractivity contribution in [1.82, 2.24) is 0 Å². The van der Waals surface area contributed by atoms with Crippen molar-refractivity contribution in [1.29, 1.82) is 0 Å². The Balaban J connectivity index is 2.24. The molecule has 0 aliphatic carbocycles. The third kappa shape index (κ3) is 5.01. The molecule has 0 aromatic heterocycles. The summed E-state index contributed by atoms with van der Waals surface area (Å²) in [7, 11) is 1.57. The fourth-order valence-electron chi connectivity index (χ4n) is 3.78. The first-order valence-corrected chi connectivity index (χ1v) is 13.3. The Morgan fingerprint density at radius 1 is 1.03 bits per heavy atom. The zero-order valence-corrected chi connectivity index (χ0v) is 23.3. The molecule has 0 saturated heterocycles. The molecule has 0 bridgehead atoms. The van der Waals surface area contributed by atoms with E-state index in [1.54, 1.807) is 31.9 Å². The highest BCUT2D eigenvalue weighted by Crippen LogP contribution is 2.56. The Bertz CT molecular complexity index is 1120. The van der Waals surface area contributed by atoms with Crippen LogP contribution in [0.25, 0.3) is 5.57 Å². The fraction of sp³-hybridized carbons (Fsp3) is 0.440. The van der Waals surface area contributed by atoms with Gasteiger partial charge in [-0.1, -0.05) is 49.6 Å². The van der Waals surface area contributed by atoms with Gasteiger partial charge in [-0.25, -0.2) is 9.59 Å². The van der Waals surface area contributed by atoms with Crippen molar-refractivity contribution in [3.63, 3.8) is 0 Å². The average molecular weight is 536 g/mol. The second-order valence-electron chi connectivity index (χ2n) is 8.57. The first-order valence-electron chi connectivity index (χ1n) is 11.2. The zero-order chi connectivity index (χ0) is 26.1. The maximum atomic E-state index is 13.3. The van der Waals surface area contributed by atoms with E-state index < -0.39 is 17.5 Å². The van der Waals surface area contributed by atoms with E-state index in [2.05, 4.69) is 0 Å². The van der Waals surface area contributed by atoms with Gasteiger partial charge < -0.3 is 19.1 Å². The van der Waals surface area contributed by atoms with Crippen LogP contribution in [0, 0.1) is 5.92 Å². The van der Waals surface area contributed by atoms with E-state index in [1.165, 1.54) is 0 Å². The van der Waals surface area contributed by atoms with E-state index in [1.807, 2.05) is 39.8 Å². The van der Waals surface area contributed by atoms with Crippen LogP contribution in [-0.2, 0) is 23.9 Å². The van der Waals surface area contributed by atoms with Crippen LogP contribution in [0.1, 0.15) is 47.1 Å². The average Bonchev–Trinajstić information content (AvgIpc) is 3.25. The van der Waals surface area contributed by atoms with Gasteiger partial charge in [0, 0.05) is 23.1 Å². The van der Waals surface area contributed by atoms with Crippen LogP contribution in [0.15, 0.2) is 32.2 Å². The molecule has 1 aromatic rings. The number of thiocarbonyl (C=S) groups is 1. The van der Waals surface area contributed by atoms with E-state index in [0.29, 0.717) is 26.1 Å². The van der Waals surface area contributed by atoms with Gasteiger partial charge in [-0.15, -0.1) is 0 Å². The molecule has 0 fully saturated rings. The monoisotopic (exact) mass is 535 g/mol. The number of hydrogen-bond acceptors (Lipinski definition) is 9. The number of benzene rings is 1. The molecule has 0 N–H and O–H groups in total. The molecule has 0 radical (unpaired) electrons. The number of methoxy groups -OCH3 is 1. The summed E-state index contributed by atoms with van der Waals surface area (Å²) in [6.45, 7) is 11.3. The molecule has 0 atom stereocenters. The SMILES string of the molecule is CCOC(=O)C1=C(C(=O)OCC)SC(=C2C(=S)C(C)(C)N(C(=O)C(C)C)c3cc(OC)ccc32)S1. The van der Waals surface area contributed by atoms with Crippen LogP contribution in [0.2, 0.25) is 0 Å². The first kappa shape index (κ1) is 27.3. The second kappa shape index (κ2) is 10.8. The minimum atomic E-state index is -0.851. The lowest BCUT2D eigenvalue weighted by Crippen LogP contribution is -2.57. The van der Waals surface area contributed by atoms with Crippen molar-refractivity contribution in [2.45, 2.75) is 47.1 Å². The van der Waals surface area contributed by atoms with Crippen molar-refractivity contribution in [2.24, 2.45) is 5.92 Å². The minimum absolute atomic E-state index is 0.0693. The lowest BCUT2D eigenvalue weighted by molar-refractivity contribution is -0.140. The third-order valence-corrected chi connectivity index (χ3v) is 8.75. The number of carbonyl (C=O) groups excluding carboxylic acids is 3. The minimum Gasteiger partial charge on any atom is -0.497 e. The zero-order valence-electron chi connectivity index (χ0n) is 20.8. The fourth-order valence-corrected chi connectivity index (χ4v) is 6.77. The van der Waals surface area contributed by atoms with Crippen LogP contribution in [0.3, 0.4) is 0 Å². The Labute approximate surface area is 219 Å². The molecule has 188 valence electrons. The van der Waals surface area contributed by atoms with E-state index in [4.69, 9.17) is 26.4 Å². The summed E-state index contributed by atoms with van der Waals surface area (Å²) in [4.78, 5) is 41.4. The Kier molecular flexibility index (Phi) is 8.39. The quantitative estimate of drug-likeness (QED) is 0.273. The summed E-state index contributed by atoms with van der Waals surface area (Å²) in [5.41, 5.74) is 1.24. The maximum Gasteiger partial charge on any atom is 0.346 e. The van der Waals surface area contributed by atoms with Crippen LogP contribution in [-0.4, -0.2) is 48.6 Å². The van der Waals surface area contributed by atoms with Crippen molar-refractivity contribution in [3.05, 3.63) is 37.8 Å². The summed E-state index contributed by atoms with van der Waals surface area (Å²) < 4.78 is 16.5. The standard InChI is InChI=1S/C25H29NO6S3/c1-8-31-22(28)18-19(23(29)32-9-2)35-24(34-18)17-15-11-10-14(30-7)12-16(15)26(21(27)13(3)4)25(5,6)20(17)33/h10-13H,8-9H2,1-7H3. The molecule has 2 heterocycles. The number of ether oxygens (including phenoxy) is 3. The number of rotatable bonds is 6. The Hall–Kier alpha value is -2.30. The van der Waals surface area contributed by atoms with Gasteiger partial charge in [0.1, 0.15) is 15.6 Å². The predicted octanol–water partition coefficient (Wildman–Crippen LogP) is 5.33. The lowest BCUT2D eigenvalue weighted by atomic mass is 9.82. The molecule has 0 spiro atoms. The smallest absolute Gasteiger partial charge is 0.346 e. The van der Waals surface area contributed by atoms with Crippen LogP contribution < -0.4 is 9.64 Å². The summed E-state index contributed by atoms with van der Waals surface area (Å²) in [5.74, 6) is -0.900. The molecule has 0 saturated carbocycles. The van der Waals surface area contributed by atoms with Crippen LogP contribution in [0.4, 0.5) is 5.69 Å². The third-order valence-electron chi connectivity index (χ3n) is 5.49. The van der Waals surface area contributed by atoms with Gasteiger partial charge >= 0.3 is 11.9 Å². The molecule has 10 heteroatoms. The van der Waals surface area contributed by atoms with Gasteiger partial charge in [-0.05, 0) is 39.8 Å². The van der Waals surface area contributed by atoms with Crippen LogP contribution >= 0.6 is 35.7 Å². The molecule has 0 unspecified atom stereocenters. The number of anilines is 1. The second-order valence-corrected chi connectivity index (χ2v) is 11.3. The molecular weight excluding hydrogens is 506 g/mol. The number of esters is 2. The predicted molar refractivity (Wildman–Crippen MR) is 144 cm³/mol. The summed E-state index contributed by atoms with van der Waals surface area (Å²) in [5, 5.41) is 0. The Morgan fingerprint density at radius 3 is 2.03 bits per heavy atom. The highest BCUT2D eigenvalue weighted by Gasteiger charge is 2.46. The van der Waals surface area contributed by atoms with Gasteiger partial charge in [-0.2, -0.15) is 0 Å². The highest BCUT2D eigenvalue weighted by atomic mass is 32.2. The van der Waals surface area contributed by atoms with Crippen molar-refractivity contribution in [3.8, 4) is 5.75 Å². The van der Waals surface area contributed by atoms with E-state index in [9.17, 15) is 14.4 Å². The lowest BCUT2D eigenvalue weighted by Gasteiger charge is -2.46. The number of carbonyl (C=O) groups is 3. The largest absolute Gasteiger partial charge is 0.497 e. The molecule has 2 aliphatic heterocycles. The van der Waals surface area contributed by atoms with Crippen molar-refractivity contribution < 1.29 is 28.6 Å². The van der Waals surface area contributed by atoms with Gasteiger partial charge in [0.25, 0.3) is 0 Å². The summed E-state index contributed by atoms with van der Waals surface area (Å²) in [6, 6.07) is 5.47. The highest BCUT2D eigenvalue weighted by molar-refractivity contribution is 8.29. The number of nitrogens with zero attached hydrogens (tertiary/aromatic N) is 1. The maximum absolute atomic E-state index is 13.3. The van der Waals surface area contributed by atoms with Crippen molar-refractivity contribution in [2.75, 3.05) is 25.2 Å². The van der Waals surface area contributed by atoms with Crippen LogP contribution in [0.5, 0.6) is 5.75 Å².